The Kier molecular flexibility index (Phi) is 4.51. The van der Waals surface area contributed by atoms with Crippen LogP contribution in [0.5, 0.6) is 0 Å². The van der Waals surface area contributed by atoms with Gasteiger partial charge in [-0.05, 0) is 45.0 Å². The normalized spacial score (nSPS) is 23.5. The molecule has 0 radical (unpaired) electrons. The summed E-state index contributed by atoms with van der Waals surface area (Å²) in [6, 6.07) is 5.36. The Labute approximate surface area is 104 Å². The van der Waals surface area contributed by atoms with Gasteiger partial charge in [0.2, 0.25) is 0 Å². The van der Waals surface area contributed by atoms with Crippen LogP contribution in [0.3, 0.4) is 0 Å². The van der Waals surface area contributed by atoms with E-state index in [1.807, 2.05) is 25.5 Å². The Hall–Kier alpha value is -0.930. The Morgan fingerprint density at radius 1 is 1.53 bits per heavy atom. The van der Waals surface area contributed by atoms with Gasteiger partial charge in [-0.15, -0.1) is 0 Å². The number of likely N-dealkylation sites (N-methyl/N-ethyl adjacent to an activating group) is 1. The molecule has 1 aliphatic rings. The SMILES string of the molecule is CNCC1CCCCN1C(C)c1cccnc1. The summed E-state index contributed by atoms with van der Waals surface area (Å²) >= 11 is 0. The molecule has 1 fully saturated rings. The molecular formula is C14H23N3. The first-order chi connectivity index (χ1) is 8.33. The fraction of sp³-hybridized carbons (Fsp3) is 0.643. The molecule has 0 aliphatic carbocycles. The third-order valence-corrected chi connectivity index (χ3v) is 3.78. The summed E-state index contributed by atoms with van der Waals surface area (Å²) in [5, 5.41) is 3.32. The van der Waals surface area contributed by atoms with Crippen molar-refractivity contribution in [2.45, 2.75) is 38.3 Å². The predicted molar refractivity (Wildman–Crippen MR) is 70.9 cm³/mol. The van der Waals surface area contributed by atoms with Crippen molar-refractivity contribution in [3.05, 3.63) is 30.1 Å². The van der Waals surface area contributed by atoms with Crippen molar-refractivity contribution in [3.8, 4) is 0 Å². The van der Waals surface area contributed by atoms with Crippen molar-refractivity contribution in [1.29, 1.82) is 0 Å². The van der Waals surface area contributed by atoms with Crippen LogP contribution in [-0.2, 0) is 0 Å². The first-order valence-electron chi connectivity index (χ1n) is 6.63. The van der Waals surface area contributed by atoms with Crippen molar-refractivity contribution in [1.82, 2.24) is 15.2 Å². The number of hydrogen-bond acceptors (Lipinski definition) is 3. The molecule has 3 heteroatoms. The molecule has 1 saturated heterocycles. The van der Waals surface area contributed by atoms with Crippen LogP contribution in [0.4, 0.5) is 0 Å². The van der Waals surface area contributed by atoms with Crippen LogP contribution in [0.2, 0.25) is 0 Å². The molecule has 0 aromatic carbocycles. The number of aromatic nitrogens is 1. The highest BCUT2D eigenvalue weighted by Crippen LogP contribution is 2.27. The number of rotatable bonds is 4. The zero-order valence-electron chi connectivity index (χ0n) is 10.9. The molecule has 3 nitrogen and oxygen atoms in total. The van der Waals surface area contributed by atoms with E-state index in [0.29, 0.717) is 12.1 Å². The van der Waals surface area contributed by atoms with Gasteiger partial charge >= 0.3 is 0 Å². The minimum atomic E-state index is 0.474. The summed E-state index contributed by atoms with van der Waals surface area (Å²) in [6.45, 7) is 4.60. The first kappa shape index (κ1) is 12.5. The van der Waals surface area contributed by atoms with Crippen molar-refractivity contribution in [2.24, 2.45) is 0 Å². The van der Waals surface area contributed by atoms with Crippen LogP contribution < -0.4 is 5.32 Å². The van der Waals surface area contributed by atoms with Gasteiger partial charge in [-0.2, -0.15) is 0 Å². The fourth-order valence-electron chi connectivity index (χ4n) is 2.80. The molecule has 94 valence electrons. The largest absolute Gasteiger partial charge is 0.318 e. The van der Waals surface area contributed by atoms with Gasteiger partial charge in [-0.3, -0.25) is 9.88 Å². The Morgan fingerprint density at radius 2 is 2.41 bits per heavy atom. The highest BCUT2D eigenvalue weighted by Gasteiger charge is 2.26. The molecule has 2 heterocycles. The minimum Gasteiger partial charge on any atom is -0.318 e. The van der Waals surface area contributed by atoms with E-state index in [9.17, 15) is 0 Å². The molecule has 1 aromatic rings. The van der Waals surface area contributed by atoms with E-state index in [4.69, 9.17) is 0 Å². The van der Waals surface area contributed by atoms with E-state index >= 15 is 0 Å². The van der Waals surface area contributed by atoms with Crippen molar-refractivity contribution in [3.63, 3.8) is 0 Å². The second-order valence-corrected chi connectivity index (χ2v) is 4.91. The van der Waals surface area contributed by atoms with E-state index in [1.165, 1.54) is 31.4 Å². The van der Waals surface area contributed by atoms with E-state index in [-0.39, 0.29) is 0 Å². The molecule has 1 aliphatic heterocycles. The van der Waals surface area contributed by atoms with E-state index < -0.39 is 0 Å². The fourth-order valence-corrected chi connectivity index (χ4v) is 2.80. The molecule has 0 saturated carbocycles. The average Bonchev–Trinajstić information content (AvgIpc) is 2.40. The molecule has 1 aromatic heterocycles. The summed E-state index contributed by atoms with van der Waals surface area (Å²) in [5.74, 6) is 0. The van der Waals surface area contributed by atoms with Gasteiger partial charge < -0.3 is 5.32 Å². The number of nitrogens with one attached hydrogen (secondary N) is 1. The maximum absolute atomic E-state index is 4.23. The Balaban J connectivity index is 2.08. The van der Waals surface area contributed by atoms with Crippen molar-refractivity contribution in [2.75, 3.05) is 20.1 Å². The molecule has 0 amide bonds. The highest BCUT2D eigenvalue weighted by atomic mass is 15.2. The first-order valence-corrected chi connectivity index (χ1v) is 6.63. The van der Waals surface area contributed by atoms with Crippen LogP contribution in [0, 0.1) is 0 Å². The lowest BCUT2D eigenvalue weighted by Gasteiger charge is -2.40. The van der Waals surface area contributed by atoms with Gasteiger partial charge in [0.05, 0.1) is 0 Å². The predicted octanol–water partition coefficient (Wildman–Crippen LogP) is 2.22. The minimum absolute atomic E-state index is 0.474. The van der Waals surface area contributed by atoms with E-state index in [2.05, 4.69) is 28.2 Å². The summed E-state index contributed by atoms with van der Waals surface area (Å²) in [7, 11) is 2.04. The van der Waals surface area contributed by atoms with Gasteiger partial charge in [0.1, 0.15) is 0 Å². The smallest absolute Gasteiger partial charge is 0.0338 e. The zero-order chi connectivity index (χ0) is 12.1. The maximum Gasteiger partial charge on any atom is 0.0338 e. The summed E-state index contributed by atoms with van der Waals surface area (Å²) in [6.07, 6.45) is 7.84. The van der Waals surface area contributed by atoms with E-state index in [0.717, 1.165) is 6.54 Å². The topological polar surface area (TPSA) is 28.2 Å². The Morgan fingerprint density at radius 3 is 3.12 bits per heavy atom. The van der Waals surface area contributed by atoms with Crippen LogP contribution in [-0.4, -0.2) is 36.1 Å². The monoisotopic (exact) mass is 233 g/mol. The van der Waals surface area contributed by atoms with Gasteiger partial charge in [0.25, 0.3) is 0 Å². The highest BCUT2D eigenvalue weighted by molar-refractivity contribution is 5.13. The Bertz CT molecular complexity index is 323. The van der Waals surface area contributed by atoms with E-state index in [1.54, 1.807) is 0 Å². The molecule has 2 atom stereocenters. The average molecular weight is 233 g/mol. The lowest BCUT2D eigenvalue weighted by Crippen LogP contribution is -2.45. The van der Waals surface area contributed by atoms with Gasteiger partial charge in [-0.1, -0.05) is 12.5 Å². The summed E-state index contributed by atoms with van der Waals surface area (Å²) in [4.78, 5) is 6.85. The van der Waals surface area contributed by atoms with Crippen molar-refractivity contribution < 1.29 is 0 Å². The lowest BCUT2D eigenvalue weighted by molar-refractivity contribution is 0.103. The number of nitrogens with zero attached hydrogens (tertiary/aromatic N) is 2. The van der Waals surface area contributed by atoms with Gasteiger partial charge in [-0.25, -0.2) is 0 Å². The summed E-state index contributed by atoms with van der Waals surface area (Å²) in [5.41, 5.74) is 1.33. The third-order valence-electron chi connectivity index (χ3n) is 3.78. The number of hydrogen-bond donors (Lipinski definition) is 1. The molecule has 2 rings (SSSR count). The molecular weight excluding hydrogens is 210 g/mol. The molecule has 2 unspecified atom stereocenters. The standard InChI is InChI=1S/C14H23N3/c1-12(13-6-5-8-16-10-13)17-9-4-3-7-14(17)11-15-2/h5-6,8,10,12,14-15H,3-4,7,9,11H2,1-2H3. The third kappa shape index (κ3) is 3.05. The van der Waals surface area contributed by atoms with Crippen LogP contribution in [0.15, 0.2) is 24.5 Å². The van der Waals surface area contributed by atoms with Gasteiger partial charge in [0.15, 0.2) is 0 Å². The molecule has 0 spiro atoms. The maximum atomic E-state index is 4.23. The summed E-state index contributed by atoms with van der Waals surface area (Å²) < 4.78 is 0. The zero-order valence-corrected chi connectivity index (χ0v) is 10.9. The van der Waals surface area contributed by atoms with Gasteiger partial charge in [0, 0.05) is 31.0 Å². The second kappa shape index (κ2) is 6.12. The molecule has 1 N–H and O–H groups in total. The number of likely N-dealkylation sites (tertiary alicyclic amines) is 1. The number of piperidine rings is 1. The molecule has 0 bridgehead atoms. The van der Waals surface area contributed by atoms with Crippen LogP contribution >= 0.6 is 0 Å². The van der Waals surface area contributed by atoms with Crippen LogP contribution in [0.1, 0.15) is 37.8 Å². The molecule has 17 heavy (non-hydrogen) atoms. The van der Waals surface area contributed by atoms with Crippen molar-refractivity contribution >= 4 is 0 Å². The lowest BCUT2D eigenvalue weighted by atomic mass is 9.97. The quantitative estimate of drug-likeness (QED) is 0.864. The van der Waals surface area contributed by atoms with Crippen LogP contribution in [0.25, 0.3) is 0 Å². The second-order valence-electron chi connectivity index (χ2n) is 4.91. The number of pyridine rings is 1.